The van der Waals surface area contributed by atoms with Crippen LogP contribution in [0, 0.1) is 0 Å². The predicted octanol–water partition coefficient (Wildman–Crippen LogP) is 3.46. The lowest BCUT2D eigenvalue weighted by Gasteiger charge is -2.09. The van der Waals surface area contributed by atoms with Crippen molar-refractivity contribution < 1.29 is 17.9 Å². The number of hydrogen-bond acceptors (Lipinski definition) is 6. The van der Waals surface area contributed by atoms with Gasteiger partial charge in [0.05, 0.1) is 6.07 Å². The van der Waals surface area contributed by atoms with Gasteiger partial charge in [-0.2, -0.15) is 9.97 Å². The molecule has 0 N–H and O–H groups in total. The van der Waals surface area contributed by atoms with Crippen molar-refractivity contribution in [1.29, 1.82) is 0 Å². The molecule has 0 atom stereocenters. The van der Waals surface area contributed by atoms with Gasteiger partial charge in [-0.3, -0.25) is 0 Å². The number of rotatable bonds is 5. The van der Waals surface area contributed by atoms with E-state index < -0.39 is 9.84 Å². The Kier molecular flexibility index (Phi) is 4.43. The highest BCUT2D eigenvalue weighted by Gasteiger charge is 2.16. The Morgan fingerprint density at radius 3 is 1.54 bits per heavy atom. The Labute approximate surface area is 139 Å². The monoisotopic (exact) mass is 342 g/mol. The van der Waals surface area contributed by atoms with Crippen LogP contribution >= 0.6 is 0 Å². The van der Waals surface area contributed by atoms with Crippen molar-refractivity contribution in [2.75, 3.05) is 6.26 Å². The number of nitrogens with zero attached hydrogens (tertiary/aromatic N) is 2. The quantitative estimate of drug-likeness (QED) is 0.661. The maximum Gasteiger partial charge on any atom is 0.253 e. The molecule has 122 valence electrons. The number of para-hydroxylation sites is 2. The normalized spacial score (nSPS) is 11.0. The Hall–Kier alpha value is -2.93. The number of benzene rings is 2. The largest absolute Gasteiger partial charge is 0.439 e. The van der Waals surface area contributed by atoms with E-state index >= 15 is 0 Å². The zero-order valence-electron chi connectivity index (χ0n) is 12.8. The highest BCUT2D eigenvalue weighted by molar-refractivity contribution is 7.90. The van der Waals surface area contributed by atoms with Gasteiger partial charge in [0.25, 0.3) is 5.16 Å². The molecule has 3 aromatic rings. The summed E-state index contributed by atoms with van der Waals surface area (Å²) in [6.07, 6.45) is 1.03. The van der Waals surface area contributed by atoms with Crippen molar-refractivity contribution in [1.82, 2.24) is 9.97 Å². The Balaban J connectivity index is 1.97. The third kappa shape index (κ3) is 4.08. The molecule has 0 saturated carbocycles. The first-order valence-electron chi connectivity index (χ1n) is 7.06. The van der Waals surface area contributed by atoms with Crippen molar-refractivity contribution >= 4 is 9.84 Å². The highest BCUT2D eigenvalue weighted by Crippen LogP contribution is 2.26. The summed E-state index contributed by atoms with van der Waals surface area (Å²) in [5.41, 5.74) is 0. The van der Waals surface area contributed by atoms with Crippen molar-refractivity contribution in [3.05, 3.63) is 66.7 Å². The summed E-state index contributed by atoms with van der Waals surface area (Å²) in [4.78, 5) is 7.88. The fraction of sp³-hybridized carbons (Fsp3) is 0.0588. The molecule has 0 unspecified atom stereocenters. The molecule has 0 bridgehead atoms. The van der Waals surface area contributed by atoms with Crippen LogP contribution in [0.25, 0.3) is 0 Å². The van der Waals surface area contributed by atoms with Crippen LogP contribution in [0.15, 0.2) is 71.9 Å². The summed E-state index contributed by atoms with van der Waals surface area (Å²) in [6.45, 7) is 0. The SMILES string of the molecule is CS(=O)(=O)c1nc(Oc2ccccc2)cc(Oc2ccccc2)n1. The Bertz CT molecular complexity index is 870. The summed E-state index contributed by atoms with van der Waals surface area (Å²) in [6, 6.07) is 19.3. The minimum Gasteiger partial charge on any atom is -0.439 e. The first-order valence-corrected chi connectivity index (χ1v) is 8.95. The highest BCUT2D eigenvalue weighted by atomic mass is 32.2. The first-order chi connectivity index (χ1) is 11.5. The summed E-state index contributed by atoms with van der Waals surface area (Å²) < 4.78 is 34.8. The molecule has 0 amide bonds. The first kappa shape index (κ1) is 15.9. The van der Waals surface area contributed by atoms with Crippen LogP contribution in [0.2, 0.25) is 0 Å². The van der Waals surface area contributed by atoms with E-state index in [9.17, 15) is 8.42 Å². The second kappa shape index (κ2) is 6.67. The molecule has 24 heavy (non-hydrogen) atoms. The van der Waals surface area contributed by atoms with E-state index in [0.29, 0.717) is 11.5 Å². The van der Waals surface area contributed by atoms with Crippen molar-refractivity contribution in [2.45, 2.75) is 5.16 Å². The minimum atomic E-state index is -3.61. The second-order valence-corrected chi connectivity index (χ2v) is 6.84. The number of sulfone groups is 1. The van der Waals surface area contributed by atoms with Gasteiger partial charge >= 0.3 is 0 Å². The smallest absolute Gasteiger partial charge is 0.253 e. The van der Waals surface area contributed by atoms with E-state index in [1.807, 2.05) is 12.1 Å². The zero-order valence-corrected chi connectivity index (χ0v) is 13.6. The van der Waals surface area contributed by atoms with E-state index in [0.717, 1.165) is 6.26 Å². The van der Waals surface area contributed by atoms with Gasteiger partial charge < -0.3 is 9.47 Å². The van der Waals surface area contributed by atoms with E-state index in [-0.39, 0.29) is 16.9 Å². The van der Waals surface area contributed by atoms with Crippen LogP contribution in [0.1, 0.15) is 0 Å². The molecule has 2 aromatic carbocycles. The van der Waals surface area contributed by atoms with Crippen molar-refractivity contribution in [3.8, 4) is 23.3 Å². The van der Waals surface area contributed by atoms with Crippen LogP contribution in [0.4, 0.5) is 0 Å². The fourth-order valence-corrected chi connectivity index (χ4v) is 2.38. The molecule has 0 aliphatic heterocycles. The van der Waals surface area contributed by atoms with Crippen molar-refractivity contribution in [2.24, 2.45) is 0 Å². The van der Waals surface area contributed by atoms with E-state index in [4.69, 9.17) is 9.47 Å². The van der Waals surface area contributed by atoms with Gasteiger partial charge in [-0.25, -0.2) is 8.42 Å². The average Bonchev–Trinajstić information content (AvgIpc) is 2.56. The number of ether oxygens (including phenoxy) is 2. The Morgan fingerprint density at radius 2 is 1.17 bits per heavy atom. The third-order valence-corrected chi connectivity index (χ3v) is 3.77. The molecule has 6 nitrogen and oxygen atoms in total. The van der Waals surface area contributed by atoms with Crippen molar-refractivity contribution in [3.63, 3.8) is 0 Å². The van der Waals surface area contributed by atoms with Gasteiger partial charge in [-0.05, 0) is 24.3 Å². The van der Waals surface area contributed by atoms with E-state index in [1.54, 1.807) is 48.5 Å². The number of hydrogen-bond donors (Lipinski definition) is 0. The van der Waals surface area contributed by atoms with Gasteiger partial charge in [0, 0.05) is 6.26 Å². The molecule has 1 aromatic heterocycles. The van der Waals surface area contributed by atoms with Crippen LogP contribution in [-0.2, 0) is 9.84 Å². The molecule has 7 heteroatoms. The molecule has 0 fully saturated rings. The predicted molar refractivity (Wildman–Crippen MR) is 88.2 cm³/mol. The number of aromatic nitrogens is 2. The molecule has 0 saturated heterocycles. The summed E-state index contributed by atoms with van der Waals surface area (Å²) in [7, 11) is -3.61. The van der Waals surface area contributed by atoms with E-state index in [2.05, 4.69) is 9.97 Å². The van der Waals surface area contributed by atoms with Crippen LogP contribution in [-0.4, -0.2) is 24.6 Å². The molecule has 0 aliphatic rings. The standard InChI is InChI=1S/C17H14N2O4S/c1-24(20,21)17-18-15(22-13-8-4-2-5-9-13)12-16(19-17)23-14-10-6-3-7-11-14/h2-12H,1H3. The van der Waals surface area contributed by atoms with Gasteiger partial charge in [0.2, 0.25) is 21.6 Å². The molecule has 3 rings (SSSR count). The maximum atomic E-state index is 11.8. The lowest BCUT2D eigenvalue weighted by atomic mass is 10.3. The molecule has 1 heterocycles. The van der Waals surface area contributed by atoms with Crippen LogP contribution in [0.5, 0.6) is 23.3 Å². The second-order valence-electron chi connectivity index (χ2n) is 4.93. The topological polar surface area (TPSA) is 78.4 Å². The summed E-state index contributed by atoms with van der Waals surface area (Å²) >= 11 is 0. The average molecular weight is 342 g/mol. The zero-order chi connectivity index (χ0) is 17.0. The summed E-state index contributed by atoms with van der Waals surface area (Å²) in [5, 5.41) is -0.359. The minimum absolute atomic E-state index is 0.0857. The summed E-state index contributed by atoms with van der Waals surface area (Å²) in [5.74, 6) is 1.23. The maximum absolute atomic E-state index is 11.8. The molecule has 0 spiro atoms. The molecular formula is C17H14N2O4S. The van der Waals surface area contributed by atoms with Crippen LogP contribution < -0.4 is 9.47 Å². The molecular weight excluding hydrogens is 328 g/mol. The van der Waals surface area contributed by atoms with E-state index in [1.165, 1.54) is 6.07 Å². The lowest BCUT2D eigenvalue weighted by Crippen LogP contribution is -2.06. The van der Waals surface area contributed by atoms with Gasteiger partial charge in [0.1, 0.15) is 11.5 Å². The Morgan fingerprint density at radius 1 is 0.750 bits per heavy atom. The van der Waals surface area contributed by atoms with Crippen LogP contribution in [0.3, 0.4) is 0 Å². The molecule has 0 aliphatic carbocycles. The lowest BCUT2D eigenvalue weighted by molar-refractivity contribution is 0.421. The van der Waals surface area contributed by atoms with Gasteiger partial charge in [0.15, 0.2) is 0 Å². The van der Waals surface area contributed by atoms with Gasteiger partial charge in [-0.15, -0.1) is 0 Å². The fourth-order valence-electron chi connectivity index (χ4n) is 1.87. The molecule has 0 radical (unpaired) electrons. The third-order valence-electron chi connectivity index (χ3n) is 2.92. The van der Waals surface area contributed by atoms with Gasteiger partial charge in [-0.1, -0.05) is 36.4 Å².